The van der Waals surface area contributed by atoms with Crippen LogP contribution in [0.15, 0.2) is 48.5 Å². The molecule has 4 nitrogen and oxygen atoms in total. The number of carbonyl (C=O) groups is 1. The Labute approximate surface area is 143 Å². The predicted octanol–water partition coefficient (Wildman–Crippen LogP) is 4.43. The number of hydrogen-bond acceptors (Lipinski definition) is 4. The van der Waals surface area contributed by atoms with Gasteiger partial charge in [-0.3, -0.25) is 0 Å². The Morgan fingerprint density at radius 3 is 2.16 bits per heavy atom. The van der Waals surface area contributed by atoms with Gasteiger partial charge >= 0.3 is 12.1 Å². The Kier molecular flexibility index (Phi) is 5.90. The van der Waals surface area contributed by atoms with Crippen LogP contribution < -0.4 is 10.1 Å². The van der Waals surface area contributed by atoms with Crippen molar-refractivity contribution < 1.29 is 27.4 Å². The highest BCUT2D eigenvalue weighted by molar-refractivity contribution is 5.81. The van der Waals surface area contributed by atoms with Gasteiger partial charge in [-0.1, -0.05) is 12.1 Å². The topological polar surface area (TPSA) is 47.6 Å². The summed E-state index contributed by atoms with van der Waals surface area (Å²) >= 11 is 0. The Morgan fingerprint density at radius 2 is 1.68 bits per heavy atom. The number of alkyl halides is 3. The normalized spacial score (nSPS) is 12.4. The maximum absolute atomic E-state index is 12.7. The van der Waals surface area contributed by atoms with Crippen LogP contribution in [0.3, 0.4) is 0 Å². The van der Waals surface area contributed by atoms with Crippen LogP contribution in [-0.4, -0.2) is 19.7 Å². The van der Waals surface area contributed by atoms with Crippen molar-refractivity contribution in [2.45, 2.75) is 19.1 Å². The third kappa shape index (κ3) is 4.89. The molecule has 2 aromatic rings. The highest BCUT2D eigenvalue weighted by atomic mass is 19.4. The van der Waals surface area contributed by atoms with Crippen LogP contribution in [0.1, 0.15) is 24.1 Å². The maximum Gasteiger partial charge on any atom is 0.416 e. The number of anilines is 1. The number of methoxy groups -OCH3 is 1. The average Bonchev–Trinajstić information content (AvgIpc) is 2.60. The quantitative estimate of drug-likeness (QED) is 0.781. The molecule has 0 radical (unpaired) electrons. The second-order valence-electron chi connectivity index (χ2n) is 5.18. The molecule has 0 aromatic heterocycles. The van der Waals surface area contributed by atoms with E-state index in [2.05, 4.69) is 5.32 Å². The predicted molar refractivity (Wildman–Crippen MR) is 87.4 cm³/mol. The highest BCUT2D eigenvalue weighted by Crippen LogP contribution is 2.31. The Hall–Kier alpha value is -2.70. The van der Waals surface area contributed by atoms with Crippen LogP contribution >= 0.6 is 0 Å². The van der Waals surface area contributed by atoms with Crippen LogP contribution in [0.25, 0.3) is 0 Å². The van der Waals surface area contributed by atoms with E-state index in [9.17, 15) is 18.0 Å². The number of carbonyl (C=O) groups excluding carboxylic acids is 1. The number of nitrogens with one attached hydrogen (secondary N) is 1. The first-order valence-corrected chi connectivity index (χ1v) is 7.59. The Morgan fingerprint density at radius 1 is 1.08 bits per heavy atom. The second kappa shape index (κ2) is 7.92. The third-order valence-corrected chi connectivity index (χ3v) is 3.49. The minimum Gasteiger partial charge on any atom is -0.497 e. The van der Waals surface area contributed by atoms with E-state index in [1.165, 1.54) is 19.2 Å². The van der Waals surface area contributed by atoms with Crippen molar-refractivity contribution >= 4 is 11.7 Å². The van der Waals surface area contributed by atoms with E-state index in [4.69, 9.17) is 9.47 Å². The number of benzene rings is 2. The molecular weight excluding hydrogens is 335 g/mol. The van der Waals surface area contributed by atoms with Crippen molar-refractivity contribution in [3.8, 4) is 5.75 Å². The zero-order chi connectivity index (χ0) is 18.4. The Bertz CT molecular complexity index is 697. The molecule has 2 rings (SSSR count). The van der Waals surface area contributed by atoms with Crippen molar-refractivity contribution in [2.24, 2.45) is 0 Å². The SMILES string of the molecule is CCOC(=O)C(Nc1ccc(OC)cc1)c1ccc(C(F)(F)F)cc1. The van der Waals surface area contributed by atoms with Gasteiger partial charge in [0.15, 0.2) is 6.04 Å². The number of esters is 1. The summed E-state index contributed by atoms with van der Waals surface area (Å²) in [6.07, 6.45) is -4.43. The lowest BCUT2D eigenvalue weighted by Gasteiger charge is -2.19. The molecule has 0 aliphatic rings. The molecule has 0 amide bonds. The van der Waals surface area contributed by atoms with Gasteiger partial charge in [-0.25, -0.2) is 4.79 Å². The van der Waals surface area contributed by atoms with Crippen LogP contribution in [0.5, 0.6) is 5.75 Å². The van der Waals surface area contributed by atoms with Crippen molar-refractivity contribution in [3.05, 3.63) is 59.7 Å². The number of halogens is 3. The van der Waals surface area contributed by atoms with Crippen LogP contribution in [-0.2, 0) is 15.7 Å². The monoisotopic (exact) mass is 353 g/mol. The van der Waals surface area contributed by atoms with Crippen LogP contribution in [0, 0.1) is 0 Å². The molecule has 0 aliphatic carbocycles. The largest absolute Gasteiger partial charge is 0.497 e. The molecule has 7 heteroatoms. The fourth-order valence-electron chi connectivity index (χ4n) is 2.22. The lowest BCUT2D eigenvalue weighted by molar-refractivity contribution is -0.144. The van der Waals surface area contributed by atoms with E-state index in [0.717, 1.165) is 12.1 Å². The highest BCUT2D eigenvalue weighted by Gasteiger charge is 2.31. The van der Waals surface area contributed by atoms with E-state index >= 15 is 0 Å². The van der Waals surface area contributed by atoms with Crippen molar-refractivity contribution in [2.75, 3.05) is 19.0 Å². The fourth-order valence-corrected chi connectivity index (χ4v) is 2.22. The summed E-state index contributed by atoms with van der Waals surface area (Å²) in [6, 6.07) is 10.3. The van der Waals surface area contributed by atoms with Gasteiger partial charge in [-0.05, 0) is 48.9 Å². The van der Waals surface area contributed by atoms with Gasteiger partial charge in [0.2, 0.25) is 0 Å². The summed E-state index contributed by atoms with van der Waals surface area (Å²) in [6.45, 7) is 1.83. The molecule has 0 aliphatic heterocycles. The molecule has 2 aromatic carbocycles. The van der Waals surface area contributed by atoms with E-state index < -0.39 is 23.8 Å². The molecule has 0 saturated carbocycles. The first-order valence-electron chi connectivity index (χ1n) is 7.59. The summed E-state index contributed by atoms with van der Waals surface area (Å²) < 4.78 is 48.2. The molecular formula is C18H18F3NO3. The summed E-state index contributed by atoms with van der Waals surface area (Å²) in [4.78, 5) is 12.2. The molecule has 0 bridgehead atoms. The van der Waals surface area contributed by atoms with E-state index in [1.807, 2.05) is 0 Å². The third-order valence-electron chi connectivity index (χ3n) is 3.49. The van der Waals surface area contributed by atoms with Crippen molar-refractivity contribution in [1.82, 2.24) is 0 Å². The van der Waals surface area contributed by atoms with Gasteiger partial charge in [-0.2, -0.15) is 13.2 Å². The minimum atomic E-state index is -4.43. The molecule has 1 unspecified atom stereocenters. The molecule has 134 valence electrons. The lowest BCUT2D eigenvalue weighted by Crippen LogP contribution is -2.23. The van der Waals surface area contributed by atoms with E-state index in [-0.39, 0.29) is 6.61 Å². The van der Waals surface area contributed by atoms with Gasteiger partial charge in [0.05, 0.1) is 19.3 Å². The zero-order valence-corrected chi connectivity index (χ0v) is 13.8. The van der Waals surface area contributed by atoms with Crippen LogP contribution in [0.4, 0.5) is 18.9 Å². The fraction of sp³-hybridized carbons (Fsp3) is 0.278. The van der Waals surface area contributed by atoms with Gasteiger partial charge in [0, 0.05) is 5.69 Å². The lowest BCUT2D eigenvalue weighted by atomic mass is 10.0. The minimum absolute atomic E-state index is 0.167. The van der Waals surface area contributed by atoms with Gasteiger partial charge in [-0.15, -0.1) is 0 Å². The number of hydrogen-bond donors (Lipinski definition) is 1. The van der Waals surface area contributed by atoms with Gasteiger partial charge in [0.1, 0.15) is 5.75 Å². The van der Waals surface area contributed by atoms with E-state index in [0.29, 0.717) is 17.0 Å². The molecule has 0 fully saturated rings. The number of rotatable bonds is 6. The molecule has 0 spiro atoms. The van der Waals surface area contributed by atoms with Crippen molar-refractivity contribution in [3.63, 3.8) is 0 Å². The maximum atomic E-state index is 12.7. The molecule has 1 N–H and O–H groups in total. The summed E-state index contributed by atoms with van der Waals surface area (Å²) in [5, 5.41) is 2.98. The first-order chi connectivity index (χ1) is 11.8. The molecule has 25 heavy (non-hydrogen) atoms. The summed E-state index contributed by atoms with van der Waals surface area (Å²) in [5.41, 5.74) is 0.212. The Balaban J connectivity index is 2.27. The summed E-state index contributed by atoms with van der Waals surface area (Å²) in [5.74, 6) is 0.0749. The van der Waals surface area contributed by atoms with Crippen LogP contribution in [0.2, 0.25) is 0 Å². The molecule has 0 saturated heterocycles. The van der Waals surface area contributed by atoms with E-state index in [1.54, 1.807) is 31.2 Å². The zero-order valence-electron chi connectivity index (χ0n) is 13.8. The first kappa shape index (κ1) is 18.6. The standard InChI is InChI=1S/C18H18F3NO3/c1-3-25-17(23)16(22-14-8-10-15(24-2)11-9-14)12-4-6-13(7-5-12)18(19,20)21/h4-11,16,22H,3H2,1-2H3. The van der Waals surface area contributed by atoms with Gasteiger partial charge < -0.3 is 14.8 Å². The van der Waals surface area contributed by atoms with Gasteiger partial charge in [0.25, 0.3) is 0 Å². The second-order valence-corrected chi connectivity index (χ2v) is 5.18. The summed E-state index contributed by atoms with van der Waals surface area (Å²) in [7, 11) is 1.53. The smallest absolute Gasteiger partial charge is 0.416 e. The molecule has 1 atom stereocenters. The number of ether oxygens (including phenoxy) is 2. The average molecular weight is 353 g/mol. The van der Waals surface area contributed by atoms with Crippen molar-refractivity contribution in [1.29, 1.82) is 0 Å². The molecule has 0 heterocycles.